The van der Waals surface area contributed by atoms with Crippen LogP contribution in [-0.4, -0.2) is 33.3 Å². The maximum Gasteiger partial charge on any atom is 0.420 e. The first-order valence-electron chi connectivity index (χ1n) is 10.8. The van der Waals surface area contributed by atoms with Gasteiger partial charge in [-0.05, 0) is 30.5 Å². The summed E-state index contributed by atoms with van der Waals surface area (Å²) in [5.74, 6) is -0.573. The van der Waals surface area contributed by atoms with E-state index in [2.05, 4.69) is 11.1 Å². The summed E-state index contributed by atoms with van der Waals surface area (Å²) < 4.78 is 47.7. The number of nitrogens with zero attached hydrogens (tertiary/aromatic N) is 4. The Labute approximate surface area is 203 Å². The number of furan rings is 1. The standard InChI is InChI=1S/C25H18ClF3N4O2/c26-21-20(23(34)32-9-7-24(15-30,8-10-32)18-4-2-1-3-5-18)31-22-19(25(27,28)29)12-17(13-33(21)22)16-6-11-35-14-16/h1-6,11-14H,7-10H2. The quantitative estimate of drug-likeness (QED) is 0.349. The lowest BCUT2D eigenvalue weighted by Gasteiger charge is -2.37. The Bertz CT molecular complexity index is 1430. The third-order valence-corrected chi connectivity index (χ3v) is 6.83. The van der Waals surface area contributed by atoms with E-state index in [1.54, 1.807) is 0 Å². The highest BCUT2D eigenvalue weighted by Gasteiger charge is 2.40. The Kier molecular flexibility index (Phi) is 5.56. The minimum atomic E-state index is -4.72. The lowest BCUT2D eigenvalue weighted by Crippen LogP contribution is -2.44. The Hall–Kier alpha value is -3.77. The number of aromatic nitrogens is 2. The summed E-state index contributed by atoms with van der Waals surface area (Å²) in [5, 5.41) is 9.68. The zero-order valence-electron chi connectivity index (χ0n) is 18.2. The fourth-order valence-corrected chi connectivity index (χ4v) is 4.76. The van der Waals surface area contributed by atoms with E-state index in [9.17, 15) is 23.2 Å². The summed E-state index contributed by atoms with van der Waals surface area (Å²) in [7, 11) is 0. The van der Waals surface area contributed by atoms with Crippen LogP contribution in [0.25, 0.3) is 16.8 Å². The number of carbonyl (C=O) groups excluding carboxylic acids is 1. The first-order chi connectivity index (χ1) is 16.7. The lowest BCUT2D eigenvalue weighted by atomic mass is 9.74. The van der Waals surface area contributed by atoms with Gasteiger partial charge in [0, 0.05) is 30.4 Å². The second kappa shape index (κ2) is 8.47. The van der Waals surface area contributed by atoms with Crippen LogP contribution in [0.3, 0.4) is 0 Å². The van der Waals surface area contributed by atoms with Crippen LogP contribution in [0.1, 0.15) is 34.5 Å². The number of nitriles is 1. The van der Waals surface area contributed by atoms with Crippen molar-refractivity contribution in [3.63, 3.8) is 0 Å². The van der Waals surface area contributed by atoms with Gasteiger partial charge < -0.3 is 9.32 Å². The van der Waals surface area contributed by atoms with Gasteiger partial charge in [-0.1, -0.05) is 41.9 Å². The zero-order chi connectivity index (χ0) is 24.8. The van der Waals surface area contributed by atoms with Gasteiger partial charge in [0.15, 0.2) is 11.3 Å². The number of pyridine rings is 1. The van der Waals surface area contributed by atoms with Crippen molar-refractivity contribution >= 4 is 23.2 Å². The number of benzene rings is 1. The highest BCUT2D eigenvalue weighted by atomic mass is 35.5. The number of carbonyl (C=O) groups is 1. The molecule has 4 aromatic rings. The van der Waals surface area contributed by atoms with Crippen molar-refractivity contribution in [3.8, 4) is 17.2 Å². The molecular weight excluding hydrogens is 481 g/mol. The number of alkyl halides is 3. The van der Waals surface area contributed by atoms with E-state index < -0.39 is 28.7 Å². The van der Waals surface area contributed by atoms with Crippen LogP contribution in [-0.2, 0) is 11.6 Å². The maximum atomic E-state index is 13.9. The number of piperidine rings is 1. The molecule has 35 heavy (non-hydrogen) atoms. The van der Waals surface area contributed by atoms with Crippen LogP contribution in [0.2, 0.25) is 5.15 Å². The van der Waals surface area contributed by atoms with E-state index in [-0.39, 0.29) is 29.5 Å². The largest absolute Gasteiger partial charge is 0.472 e. The van der Waals surface area contributed by atoms with Crippen molar-refractivity contribution in [2.75, 3.05) is 13.1 Å². The Morgan fingerprint density at radius 1 is 1.14 bits per heavy atom. The average molecular weight is 499 g/mol. The average Bonchev–Trinajstić information content (AvgIpc) is 3.52. The summed E-state index contributed by atoms with van der Waals surface area (Å²) in [5.41, 5.74) is -0.929. The van der Waals surface area contributed by atoms with Crippen LogP contribution in [0.15, 0.2) is 65.6 Å². The molecular formula is C25H18ClF3N4O2. The topological polar surface area (TPSA) is 74.5 Å². The fourth-order valence-electron chi connectivity index (χ4n) is 4.51. The summed E-state index contributed by atoms with van der Waals surface area (Å²) in [6, 6.07) is 14.2. The highest BCUT2D eigenvalue weighted by molar-refractivity contribution is 6.33. The number of likely N-dealkylation sites (tertiary alicyclic amines) is 1. The molecule has 0 spiro atoms. The molecule has 0 atom stereocenters. The van der Waals surface area contributed by atoms with Crippen LogP contribution in [0.4, 0.5) is 13.2 Å². The molecule has 0 N–H and O–H groups in total. The van der Waals surface area contributed by atoms with Crippen LogP contribution >= 0.6 is 11.6 Å². The summed E-state index contributed by atoms with van der Waals surface area (Å²) in [6.45, 7) is 0.496. The van der Waals surface area contributed by atoms with Crippen molar-refractivity contribution in [2.24, 2.45) is 0 Å². The fraction of sp³-hybridized carbons (Fsp3) is 0.240. The molecule has 1 aromatic carbocycles. The summed E-state index contributed by atoms with van der Waals surface area (Å²) in [4.78, 5) is 18.8. The van der Waals surface area contributed by atoms with Crippen molar-refractivity contribution in [1.29, 1.82) is 5.26 Å². The van der Waals surface area contributed by atoms with E-state index in [1.807, 2.05) is 30.3 Å². The van der Waals surface area contributed by atoms with Gasteiger partial charge in [0.1, 0.15) is 5.15 Å². The van der Waals surface area contributed by atoms with Crippen molar-refractivity contribution < 1.29 is 22.4 Å². The Balaban J connectivity index is 1.49. The van der Waals surface area contributed by atoms with Gasteiger partial charge in [-0.15, -0.1) is 0 Å². The molecule has 0 bridgehead atoms. The van der Waals surface area contributed by atoms with E-state index in [0.717, 1.165) is 16.0 Å². The van der Waals surface area contributed by atoms with Gasteiger partial charge >= 0.3 is 6.18 Å². The van der Waals surface area contributed by atoms with Crippen molar-refractivity contribution in [1.82, 2.24) is 14.3 Å². The molecule has 1 amide bonds. The van der Waals surface area contributed by atoms with E-state index >= 15 is 0 Å². The Morgan fingerprint density at radius 2 is 1.86 bits per heavy atom. The van der Waals surface area contributed by atoms with E-state index in [1.165, 1.54) is 29.7 Å². The number of hydrogen-bond donors (Lipinski definition) is 0. The molecule has 1 fully saturated rings. The van der Waals surface area contributed by atoms with Crippen LogP contribution in [0.5, 0.6) is 0 Å². The number of fused-ring (bicyclic) bond motifs is 1. The zero-order valence-corrected chi connectivity index (χ0v) is 19.0. The molecule has 178 valence electrons. The van der Waals surface area contributed by atoms with Gasteiger partial charge in [0.05, 0.1) is 29.6 Å². The molecule has 1 aliphatic rings. The number of halogens is 4. The van der Waals surface area contributed by atoms with Gasteiger partial charge in [0.2, 0.25) is 0 Å². The monoisotopic (exact) mass is 498 g/mol. The minimum absolute atomic E-state index is 0.207. The van der Waals surface area contributed by atoms with Gasteiger partial charge in [-0.3, -0.25) is 9.20 Å². The van der Waals surface area contributed by atoms with Gasteiger partial charge in [0.25, 0.3) is 5.91 Å². The SMILES string of the molecule is N#CC1(c2ccccc2)CCN(C(=O)c2nc3c(C(F)(F)F)cc(-c4ccoc4)cn3c2Cl)CC1. The molecule has 1 aliphatic heterocycles. The van der Waals surface area contributed by atoms with Crippen LogP contribution in [0, 0.1) is 11.3 Å². The van der Waals surface area contributed by atoms with Crippen molar-refractivity contribution in [2.45, 2.75) is 24.4 Å². The number of hydrogen-bond acceptors (Lipinski definition) is 4. The third kappa shape index (κ3) is 3.94. The van der Waals surface area contributed by atoms with E-state index in [4.69, 9.17) is 16.0 Å². The molecule has 4 heterocycles. The molecule has 1 saturated heterocycles. The molecule has 10 heteroatoms. The highest BCUT2D eigenvalue weighted by Crippen LogP contribution is 2.38. The summed E-state index contributed by atoms with van der Waals surface area (Å²) in [6.07, 6.45) is 0.132. The predicted molar refractivity (Wildman–Crippen MR) is 122 cm³/mol. The molecule has 6 nitrogen and oxygen atoms in total. The van der Waals surface area contributed by atoms with Gasteiger partial charge in [-0.25, -0.2) is 4.98 Å². The normalized spacial score (nSPS) is 15.8. The number of rotatable bonds is 3. The van der Waals surface area contributed by atoms with Gasteiger partial charge in [-0.2, -0.15) is 18.4 Å². The minimum Gasteiger partial charge on any atom is -0.472 e. The molecule has 0 radical (unpaired) electrons. The first-order valence-corrected chi connectivity index (χ1v) is 11.2. The molecule has 3 aromatic heterocycles. The van der Waals surface area contributed by atoms with Crippen molar-refractivity contribution in [3.05, 3.63) is 83.2 Å². The molecule has 0 unspecified atom stereocenters. The predicted octanol–water partition coefficient (Wildman–Crippen LogP) is 5.96. The molecule has 0 aliphatic carbocycles. The van der Waals surface area contributed by atoms with Crippen LogP contribution < -0.4 is 0 Å². The lowest BCUT2D eigenvalue weighted by molar-refractivity contribution is -0.136. The number of amides is 1. The first kappa shape index (κ1) is 23.0. The molecule has 0 saturated carbocycles. The third-order valence-electron chi connectivity index (χ3n) is 6.47. The van der Waals surface area contributed by atoms with E-state index in [0.29, 0.717) is 18.4 Å². The smallest absolute Gasteiger partial charge is 0.420 e. The number of imidazole rings is 1. The second-order valence-corrected chi connectivity index (χ2v) is 8.81. The second-order valence-electron chi connectivity index (χ2n) is 8.45. The molecule has 5 rings (SSSR count). The maximum absolute atomic E-state index is 13.9. The Morgan fingerprint density at radius 3 is 2.46 bits per heavy atom. The summed E-state index contributed by atoms with van der Waals surface area (Å²) >= 11 is 6.42.